The number of hydrogen-bond donors (Lipinski definition) is 0. The van der Waals surface area contributed by atoms with Crippen molar-refractivity contribution in [1.82, 2.24) is 0 Å². The summed E-state index contributed by atoms with van der Waals surface area (Å²) < 4.78 is 16.8. The lowest BCUT2D eigenvalue weighted by Crippen LogP contribution is -2.30. The third-order valence-electron chi connectivity index (χ3n) is 11.3. The largest absolute Gasteiger partial charge is 0.462 e. The molecule has 0 unspecified atom stereocenters. The first-order chi connectivity index (χ1) is 28.0. The molecule has 0 aromatic carbocycles. The van der Waals surface area contributed by atoms with Gasteiger partial charge in [-0.1, -0.05) is 226 Å². The molecule has 0 amide bonds. The molecule has 57 heavy (non-hydrogen) atoms. The monoisotopic (exact) mass is 805 g/mol. The highest BCUT2D eigenvalue weighted by atomic mass is 16.6. The van der Waals surface area contributed by atoms with Crippen LogP contribution in [0.3, 0.4) is 0 Å². The number of unbranched alkanes of at least 4 members (excludes halogenated alkanes) is 33. The maximum atomic E-state index is 12.7. The zero-order chi connectivity index (χ0) is 41.5. The summed E-state index contributed by atoms with van der Waals surface area (Å²) in [6.45, 7) is 6.64. The highest BCUT2D eigenvalue weighted by molar-refractivity contribution is 5.71. The molecule has 0 aliphatic rings. The van der Waals surface area contributed by atoms with Crippen molar-refractivity contribution in [2.45, 2.75) is 284 Å². The molecule has 0 N–H and O–H groups in total. The van der Waals surface area contributed by atoms with Crippen LogP contribution in [0, 0.1) is 0 Å². The molecule has 6 heteroatoms. The normalized spacial score (nSPS) is 12.0. The van der Waals surface area contributed by atoms with Gasteiger partial charge in [-0.25, -0.2) is 0 Å². The van der Waals surface area contributed by atoms with Crippen molar-refractivity contribution in [2.75, 3.05) is 13.2 Å². The van der Waals surface area contributed by atoms with Crippen molar-refractivity contribution in [2.24, 2.45) is 0 Å². The number of carbonyl (C=O) groups excluding carboxylic acids is 3. The molecule has 0 aliphatic heterocycles. The minimum atomic E-state index is -0.766. The SMILES string of the molecule is CCCCCC/C=C\CCCCCCCC(=O)O[C@H](COC(=O)CCCCCCCCCCCCC)COC(=O)CCCCCCCCCCCCCCCCC. The molecule has 336 valence electrons. The number of allylic oxidation sites excluding steroid dienone is 2. The van der Waals surface area contributed by atoms with E-state index >= 15 is 0 Å². The van der Waals surface area contributed by atoms with Gasteiger partial charge in [-0.15, -0.1) is 0 Å². The van der Waals surface area contributed by atoms with Crippen LogP contribution in [0.15, 0.2) is 12.2 Å². The van der Waals surface area contributed by atoms with Gasteiger partial charge in [0, 0.05) is 19.3 Å². The van der Waals surface area contributed by atoms with Crippen molar-refractivity contribution >= 4 is 17.9 Å². The predicted octanol–water partition coefficient (Wildman–Crippen LogP) is 16.2. The molecule has 0 aliphatic carbocycles. The summed E-state index contributed by atoms with van der Waals surface area (Å²) in [5, 5.41) is 0. The molecule has 0 aromatic heterocycles. The molecular weight excluding hydrogens is 709 g/mol. The van der Waals surface area contributed by atoms with E-state index in [4.69, 9.17) is 14.2 Å². The van der Waals surface area contributed by atoms with Gasteiger partial charge in [0.15, 0.2) is 6.10 Å². The third kappa shape index (κ3) is 45.1. The number of esters is 3. The van der Waals surface area contributed by atoms with Gasteiger partial charge in [0.2, 0.25) is 0 Å². The maximum Gasteiger partial charge on any atom is 0.306 e. The number of ether oxygens (including phenoxy) is 3. The van der Waals surface area contributed by atoms with E-state index in [0.29, 0.717) is 19.3 Å². The highest BCUT2D eigenvalue weighted by Gasteiger charge is 2.19. The van der Waals surface area contributed by atoms with Crippen molar-refractivity contribution < 1.29 is 28.6 Å². The van der Waals surface area contributed by atoms with Crippen LogP contribution >= 0.6 is 0 Å². The predicted molar refractivity (Wildman–Crippen MR) is 243 cm³/mol. The summed E-state index contributed by atoms with van der Waals surface area (Å²) in [5.74, 6) is -0.863. The Bertz CT molecular complexity index is 885. The van der Waals surface area contributed by atoms with Gasteiger partial charge in [0.25, 0.3) is 0 Å². The number of hydrogen-bond acceptors (Lipinski definition) is 6. The Morgan fingerprint density at radius 3 is 0.895 bits per heavy atom. The van der Waals surface area contributed by atoms with E-state index in [0.717, 1.165) is 64.2 Å². The summed E-state index contributed by atoms with van der Waals surface area (Å²) in [6, 6.07) is 0. The lowest BCUT2D eigenvalue weighted by molar-refractivity contribution is -0.167. The molecule has 0 saturated heterocycles. The Balaban J connectivity index is 4.32. The summed E-state index contributed by atoms with van der Waals surface area (Å²) in [6.07, 6.45) is 50.4. The summed E-state index contributed by atoms with van der Waals surface area (Å²) in [7, 11) is 0. The van der Waals surface area contributed by atoms with Crippen molar-refractivity contribution in [3.05, 3.63) is 12.2 Å². The summed E-state index contributed by atoms with van der Waals surface area (Å²) in [4.78, 5) is 37.8. The topological polar surface area (TPSA) is 78.9 Å². The van der Waals surface area contributed by atoms with Crippen molar-refractivity contribution in [3.63, 3.8) is 0 Å². The number of rotatable bonds is 46. The second-order valence-electron chi connectivity index (χ2n) is 17.1. The van der Waals surface area contributed by atoms with E-state index < -0.39 is 6.10 Å². The third-order valence-corrected chi connectivity index (χ3v) is 11.3. The van der Waals surface area contributed by atoms with Crippen molar-refractivity contribution in [3.8, 4) is 0 Å². The van der Waals surface area contributed by atoms with Crippen LogP contribution in [0.5, 0.6) is 0 Å². The molecule has 0 saturated carbocycles. The zero-order valence-corrected chi connectivity index (χ0v) is 38.4. The second kappa shape index (κ2) is 46.8. The fourth-order valence-corrected chi connectivity index (χ4v) is 7.44. The fourth-order valence-electron chi connectivity index (χ4n) is 7.44. The average Bonchev–Trinajstić information content (AvgIpc) is 3.21. The lowest BCUT2D eigenvalue weighted by Gasteiger charge is -2.18. The summed E-state index contributed by atoms with van der Waals surface area (Å²) in [5.41, 5.74) is 0. The molecule has 0 radical (unpaired) electrons. The standard InChI is InChI=1S/C51H96O6/c1-4-7-10-13-16-19-22-24-25-27-29-32-35-38-41-44-50(53)56-47-48(46-55-49(52)43-40-37-34-31-28-21-18-15-12-9-6-3)57-51(54)45-42-39-36-33-30-26-23-20-17-14-11-8-5-2/h20,23,48H,4-19,21-22,24-47H2,1-3H3/b23-20-/t48-/m1/s1. The first-order valence-corrected chi connectivity index (χ1v) is 25.2. The highest BCUT2D eigenvalue weighted by Crippen LogP contribution is 2.16. The average molecular weight is 805 g/mol. The molecular formula is C51H96O6. The Morgan fingerprint density at radius 2 is 0.579 bits per heavy atom. The fraction of sp³-hybridized carbons (Fsp3) is 0.902. The second-order valence-corrected chi connectivity index (χ2v) is 17.1. The minimum absolute atomic E-state index is 0.0683. The molecule has 0 bridgehead atoms. The quantitative estimate of drug-likeness (QED) is 0.0264. The van der Waals surface area contributed by atoms with E-state index in [-0.39, 0.29) is 31.1 Å². The Hall–Kier alpha value is -1.85. The molecule has 0 rings (SSSR count). The van der Waals surface area contributed by atoms with Crippen LogP contribution in [0.25, 0.3) is 0 Å². The van der Waals surface area contributed by atoms with Crippen LogP contribution < -0.4 is 0 Å². The van der Waals surface area contributed by atoms with Gasteiger partial charge in [0.05, 0.1) is 0 Å². The zero-order valence-electron chi connectivity index (χ0n) is 38.4. The molecule has 0 spiro atoms. The van der Waals surface area contributed by atoms with Gasteiger partial charge in [-0.05, 0) is 44.9 Å². The number of carbonyl (C=O) groups is 3. The Morgan fingerprint density at radius 1 is 0.333 bits per heavy atom. The van der Waals surface area contributed by atoms with Crippen LogP contribution in [0.4, 0.5) is 0 Å². The molecule has 1 atom stereocenters. The maximum absolute atomic E-state index is 12.7. The summed E-state index contributed by atoms with van der Waals surface area (Å²) >= 11 is 0. The van der Waals surface area contributed by atoms with Gasteiger partial charge >= 0.3 is 17.9 Å². The van der Waals surface area contributed by atoms with Gasteiger partial charge in [-0.3, -0.25) is 14.4 Å². The van der Waals surface area contributed by atoms with E-state index in [9.17, 15) is 14.4 Å². The first kappa shape index (κ1) is 55.2. The van der Waals surface area contributed by atoms with Crippen LogP contribution in [0.2, 0.25) is 0 Å². The van der Waals surface area contributed by atoms with Crippen molar-refractivity contribution in [1.29, 1.82) is 0 Å². The Labute approximate surface area is 354 Å². The van der Waals surface area contributed by atoms with Crippen LogP contribution in [-0.4, -0.2) is 37.2 Å². The molecule has 0 aromatic rings. The smallest absolute Gasteiger partial charge is 0.306 e. The molecule has 0 fully saturated rings. The molecule has 6 nitrogen and oxygen atoms in total. The van der Waals surface area contributed by atoms with Gasteiger partial charge in [0.1, 0.15) is 13.2 Å². The van der Waals surface area contributed by atoms with Crippen LogP contribution in [-0.2, 0) is 28.6 Å². The van der Waals surface area contributed by atoms with E-state index in [1.807, 2.05) is 0 Å². The molecule has 0 heterocycles. The minimum Gasteiger partial charge on any atom is -0.462 e. The Kier molecular flexibility index (Phi) is 45.3. The van der Waals surface area contributed by atoms with Gasteiger partial charge < -0.3 is 14.2 Å². The first-order valence-electron chi connectivity index (χ1n) is 25.2. The van der Waals surface area contributed by atoms with Gasteiger partial charge in [-0.2, -0.15) is 0 Å². The lowest BCUT2D eigenvalue weighted by atomic mass is 10.0. The van der Waals surface area contributed by atoms with E-state index in [2.05, 4.69) is 32.9 Å². The van der Waals surface area contributed by atoms with E-state index in [1.54, 1.807) is 0 Å². The van der Waals surface area contributed by atoms with Crippen LogP contribution in [0.1, 0.15) is 278 Å². The van der Waals surface area contributed by atoms with E-state index in [1.165, 1.54) is 173 Å².